The van der Waals surface area contributed by atoms with E-state index in [4.69, 9.17) is 19.0 Å². The summed E-state index contributed by atoms with van der Waals surface area (Å²) in [6.45, 7) is 5.53. The highest BCUT2D eigenvalue weighted by Crippen LogP contribution is 2.32. The van der Waals surface area contributed by atoms with Gasteiger partial charge < -0.3 is 19.0 Å². The van der Waals surface area contributed by atoms with Crippen LogP contribution in [0.4, 0.5) is 0 Å². The third-order valence-electron chi connectivity index (χ3n) is 3.74. The maximum absolute atomic E-state index is 11.7. The summed E-state index contributed by atoms with van der Waals surface area (Å²) in [6, 6.07) is 3.54. The number of fused-ring (bicyclic) bond motifs is 1. The third-order valence-corrected chi connectivity index (χ3v) is 3.74. The average molecular weight is 373 g/mol. The molecule has 0 unspecified atom stereocenters. The van der Waals surface area contributed by atoms with Gasteiger partial charge in [-0.15, -0.1) is 0 Å². The second kappa shape index (κ2) is 7.48. The molecule has 3 rings (SSSR count). The first-order valence-corrected chi connectivity index (χ1v) is 8.39. The molecule has 0 aliphatic rings. The van der Waals surface area contributed by atoms with E-state index in [0.29, 0.717) is 23.4 Å². The minimum absolute atomic E-state index is 0.125. The van der Waals surface area contributed by atoms with Crippen LogP contribution in [-0.4, -0.2) is 39.2 Å². The fourth-order valence-electron chi connectivity index (χ4n) is 2.68. The number of H-pyrrole nitrogens is 1. The first-order chi connectivity index (χ1) is 12.9. The van der Waals surface area contributed by atoms with Gasteiger partial charge in [-0.25, -0.2) is 14.6 Å². The predicted octanol–water partition coefficient (Wildman–Crippen LogP) is 2.45. The van der Waals surface area contributed by atoms with Crippen molar-refractivity contribution in [2.45, 2.75) is 27.2 Å². The van der Waals surface area contributed by atoms with E-state index in [2.05, 4.69) is 15.0 Å². The van der Waals surface area contributed by atoms with Crippen LogP contribution in [0.3, 0.4) is 0 Å². The highest BCUT2D eigenvalue weighted by Gasteiger charge is 2.17. The summed E-state index contributed by atoms with van der Waals surface area (Å²) in [7, 11) is 0. The Labute approximate surface area is 154 Å². The van der Waals surface area contributed by atoms with E-state index >= 15 is 0 Å². The van der Waals surface area contributed by atoms with E-state index < -0.39 is 18.3 Å². The van der Waals surface area contributed by atoms with Crippen LogP contribution in [0.15, 0.2) is 21.3 Å². The number of nitrogens with one attached hydrogen (secondary N) is 1. The molecule has 2 heterocycles. The maximum Gasteiger partial charge on any atom is 0.351 e. The van der Waals surface area contributed by atoms with Crippen LogP contribution in [0, 0.1) is 13.8 Å². The predicted molar refractivity (Wildman–Crippen MR) is 96.3 cm³/mol. The van der Waals surface area contributed by atoms with Crippen LogP contribution in [-0.2, 0) is 4.79 Å². The van der Waals surface area contributed by atoms with Crippen LogP contribution in [0.2, 0.25) is 0 Å². The number of hydrogen-bond acceptors (Lipinski definition) is 7. The molecule has 2 aromatic heterocycles. The van der Waals surface area contributed by atoms with Crippen molar-refractivity contribution in [1.29, 1.82) is 0 Å². The van der Waals surface area contributed by atoms with Gasteiger partial charge in [-0.05, 0) is 43.5 Å². The third kappa shape index (κ3) is 3.91. The second-order valence-electron chi connectivity index (χ2n) is 6.01. The molecule has 3 aromatic rings. The number of aliphatic carboxylic acids is 1. The van der Waals surface area contributed by atoms with Crippen LogP contribution in [0.1, 0.15) is 24.5 Å². The lowest BCUT2D eigenvalue weighted by Crippen LogP contribution is -2.12. The molecular formula is C18H19N3O6. The van der Waals surface area contributed by atoms with Crippen molar-refractivity contribution >= 4 is 17.2 Å². The Morgan fingerprint density at radius 1 is 1.22 bits per heavy atom. The molecule has 9 heteroatoms. The van der Waals surface area contributed by atoms with Crippen molar-refractivity contribution in [2.24, 2.45) is 0 Å². The Kier molecular flexibility index (Phi) is 5.11. The number of benzene rings is 1. The molecule has 0 radical (unpaired) electrons. The fourth-order valence-corrected chi connectivity index (χ4v) is 2.68. The van der Waals surface area contributed by atoms with Gasteiger partial charge in [-0.1, -0.05) is 6.92 Å². The van der Waals surface area contributed by atoms with Crippen LogP contribution in [0.5, 0.6) is 11.6 Å². The lowest BCUT2D eigenvalue weighted by atomic mass is 10.1. The molecule has 0 bridgehead atoms. The molecule has 0 fully saturated rings. The molecule has 27 heavy (non-hydrogen) atoms. The highest BCUT2D eigenvalue weighted by atomic mass is 16.5. The summed E-state index contributed by atoms with van der Waals surface area (Å²) in [5.74, 6) is -0.140. The summed E-state index contributed by atoms with van der Waals surface area (Å²) in [5, 5.41) is 8.78. The number of ether oxygens (including phenoxy) is 2. The number of aromatic nitrogens is 3. The SMILES string of the molecule is CCCOc1nc(=O)[nH]c2oc(-c3cc(C)c(OCC(=O)O)c(C)c3)nc12. The number of carbonyl (C=O) groups is 1. The molecule has 0 aliphatic carbocycles. The number of hydrogen-bond donors (Lipinski definition) is 2. The summed E-state index contributed by atoms with van der Waals surface area (Å²) >= 11 is 0. The number of carboxylic acids is 1. The fraction of sp³-hybridized carbons (Fsp3) is 0.333. The second-order valence-corrected chi connectivity index (χ2v) is 6.01. The van der Waals surface area contributed by atoms with E-state index in [0.717, 1.165) is 17.5 Å². The van der Waals surface area contributed by atoms with Crippen molar-refractivity contribution in [2.75, 3.05) is 13.2 Å². The van der Waals surface area contributed by atoms with Gasteiger partial charge in [-0.3, -0.25) is 4.98 Å². The quantitative estimate of drug-likeness (QED) is 0.646. The Morgan fingerprint density at radius 3 is 2.56 bits per heavy atom. The Balaban J connectivity index is 2.02. The van der Waals surface area contributed by atoms with E-state index in [1.54, 1.807) is 26.0 Å². The summed E-state index contributed by atoms with van der Waals surface area (Å²) in [6.07, 6.45) is 0.761. The molecule has 0 saturated carbocycles. The van der Waals surface area contributed by atoms with Gasteiger partial charge >= 0.3 is 11.7 Å². The van der Waals surface area contributed by atoms with Gasteiger partial charge in [0, 0.05) is 5.56 Å². The van der Waals surface area contributed by atoms with Gasteiger partial charge in [0.25, 0.3) is 0 Å². The van der Waals surface area contributed by atoms with Crippen LogP contribution in [0.25, 0.3) is 22.7 Å². The maximum atomic E-state index is 11.7. The molecule has 1 aromatic carbocycles. The van der Waals surface area contributed by atoms with Gasteiger partial charge in [-0.2, -0.15) is 4.98 Å². The molecule has 0 aliphatic heterocycles. The number of carboxylic acid groups (broad SMARTS) is 1. The van der Waals surface area contributed by atoms with Gasteiger partial charge in [0.2, 0.25) is 17.5 Å². The van der Waals surface area contributed by atoms with Crippen molar-refractivity contribution < 1.29 is 23.8 Å². The molecule has 0 spiro atoms. The van der Waals surface area contributed by atoms with Crippen molar-refractivity contribution in [1.82, 2.24) is 15.0 Å². The van der Waals surface area contributed by atoms with Gasteiger partial charge in [0.1, 0.15) is 5.75 Å². The zero-order valence-electron chi connectivity index (χ0n) is 15.2. The Hall–Kier alpha value is -3.36. The van der Waals surface area contributed by atoms with Crippen molar-refractivity contribution in [3.63, 3.8) is 0 Å². The largest absolute Gasteiger partial charge is 0.481 e. The van der Waals surface area contributed by atoms with Gasteiger partial charge in [0.15, 0.2) is 12.1 Å². The molecule has 9 nitrogen and oxygen atoms in total. The molecular weight excluding hydrogens is 354 g/mol. The Morgan fingerprint density at radius 2 is 1.93 bits per heavy atom. The molecule has 0 amide bonds. The lowest BCUT2D eigenvalue weighted by Gasteiger charge is -2.11. The Bertz CT molecular complexity index is 1030. The van der Waals surface area contributed by atoms with E-state index in [1.165, 1.54) is 0 Å². The van der Waals surface area contributed by atoms with Crippen molar-refractivity contribution in [3.05, 3.63) is 33.7 Å². The first kappa shape index (κ1) is 18.4. The van der Waals surface area contributed by atoms with Crippen molar-refractivity contribution in [3.8, 4) is 23.1 Å². The molecule has 0 saturated heterocycles. The van der Waals surface area contributed by atoms with E-state index in [1.807, 2.05) is 6.92 Å². The number of nitrogens with zero attached hydrogens (tertiary/aromatic N) is 2. The minimum atomic E-state index is -1.05. The van der Waals surface area contributed by atoms with E-state index in [9.17, 15) is 9.59 Å². The highest BCUT2D eigenvalue weighted by molar-refractivity contribution is 5.77. The zero-order valence-corrected chi connectivity index (χ0v) is 15.2. The summed E-state index contributed by atoms with van der Waals surface area (Å²) in [5.41, 5.74) is 2.06. The first-order valence-electron chi connectivity index (χ1n) is 8.39. The monoisotopic (exact) mass is 373 g/mol. The van der Waals surface area contributed by atoms with Crippen LogP contribution < -0.4 is 15.2 Å². The lowest BCUT2D eigenvalue weighted by molar-refractivity contribution is -0.139. The average Bonchev–Trinajstić information content (AvgIpc) is 3.02. The number of oxazole rings is 1. The van der Waals surface area contributed by atoms with Gasteiger partial charge in [0.05, 0.1) is 6.61 Å². The smallest absolute Gasteiger partial charge is 0.351 e. The number of aromatic amines is 1. The summed E-state index contributed by atoms with van der Waals surface area (Å²) in [4.78, 5) is 33.1. The minimum Gasteiger partial charge on any atom is -0.481 e. The molecule has 0 atom stereocenters. The van der Waals surface area contributed by atoms with E-state index in [-0.39, 0.29) is 17.5 Å². The topological polar surface area (TPSA) is 128 Å². The molecule has 142 valence electrons. The summed E-state index contributed by atoms with van der Waals surface area (Å²) < 4.78 is 16.5. The zero-order chi connectivity index (χ0) is 19.6. The standard InChI is InChI=1S/C18H19N3O6/c1-4-5-25-16-13-17(21-18(24)20-16)27-15(19-13)11-6-9(2)14(10(3)7-11)26-8-12(22)23/h6-7H,4-5,8H2,1-3H3,(H,22,23)(H,20,21,24). The number of rotatable bonds is 7. The normalized spacial score (nSPS) is 10.9. The number of aryl methyl sites for hydroxylation is 2. The van der Waals surface area contributed by atoms with Crippen LogP contribution >= 0.6 is 0 Å². The molecule has 2 N–H and O–H groups in total.